The summed E-state index contributed by atoms with van der Waals surface area (Å²) in [5, 5.41) is 4.72. The SMILES string of the molecule is C1CSC(NCC2(C3CC3)CC2)=N1. The summed E-state index contributed by atoms with van der Waals surface area (Å²) >= 11 is 1.88. The molecule has 0 radical (unpaired) electrons. The molecule has 1 aliphatic heterocycles. The lowest BCUT2D eigenvalue weighted by molar-refractivity contribution is 0.435. The Morgan fingerprint density at radius 1 is 1.46 bits per heavy atom. The minimum absolute atomic E-state index is 0.714. The Morgan fingerprint density at radius 3 is 2.85 bits per heavy atom. The van der Waals surface area contributed by atoms with Crippen LogP contribution in [0.15, 0.2) is 4.99 Å². The molecule has 2 saturated carbocycles. The van der Waals surface area contributed by atoms with Crippen molar-refractivity contribution in [3.8, 4) is 0 Å². The van der Waals surface area contributed by atoms with Gasteiger partial charge in [0.15, 0.2) is 5.17 Å². The van der Waals surface area contributed by atoms with Crippen molar-refractivity contribution in [2.24, 2.45) is 16.3 Å². The summed E-state index contributed by atoms with van der Waals surface area (Å²) in [5.41, 5.74) is 0.714. The normalized spacial score (nSPS) is 30.0. The van der Waals surface area contributed by atoms with Gasteiger partial charge in [-0.05, 0) is 37.0 Å². The Hall–Kier alpha value is -0.180. The third kappa shape index (κ3) is 1.58. The molecule has 3 aliphatic rings. The number of rotatable bonds is 3. The van der Waals surface area contributed by atoms with Crippen LogP contribution in [0, 0.1) is 11.3 Å². The third-order valence-electron chi connectivity index (χ3n) is 3.51. The second-order valence-corrected chi connectivity index (χ2v) is 5.61. The molecule has 0 amide bonds. The van der Waals surface area contributed by atoms with Crippen molar-refractivity contribution < 1.29 is 0 Å². The maximum atomic E-state index is 4.41. The van der Waals surface area contributed by atoms with E-state index in [1.807, 2.05) is 11.8 Å². The van der Waals surface area contributed by atoms with Gasteiger partial charge in [-0.25, -0.2) is 0 Å². The summed E-state index contributed by atoms with van der Waals surface area (Å²) in [7, 11) is 0. The van der Waals surface area contributed by atoms with Crippen molar-refractivity contribution in [2.75, 3.05) is 18.8 Å². The second-order valence-electron chi connectivity index (χ2n) is 4.53. The fourth-order valence-electron chi connectivity index (χ4n) is 2.28. The quantitative estimate of drug-likeness (QED) is 0.745. The van der Waals surface area contributed by atoms with E-state index in [4.69, 9.17) is 0 Å². The topological polar surface area (TPSA) is 24.4 Å². The predicted octanol–water partition coefficient (Wildman–Crippen LogP) is 1.87. The van der Waals surface area contributed by atoms with E-state index in [0.717, 1.165) is 12.5 Å². The molecule has 3 heteroatoms. The number of nitrogens with zero attached hydrogens (tertiary/aromatic N) is 1. The first-order chi connectivity index (χ1) is 6.39. The molecule has 0 bridgehead atoms. The average molecular weight is 196 g/mol. The summed E-state index contributed by atoms with van der Waals surface area (Å²) in [6, 6.07) is 0. The zero-order valence-corrected chi connectivity index (χ0v) is 8.70. The molecule has 0 aromatic rings. The van der Waals surface area contributed by atoms with Crippen LogP contribution in [0.1, 0.15) is 25.7 Å². The van der Waals surface area contributed by atoms with E-state index in [1.54, 1.807) is 0 Å². The van der Waals surface area contributed by atoms with Gasteiger partial charge in [-0.3, -0.25) is 4.99 Å². The molecule has 2 nitrogen and oxygen atoms in total. The van der Waals surface area contributed by atoms with Crippen LogP contribution in [-0.4, -0.2) is 24.0 Å². The Morgan fingerprint density at radius 2 is 2.31 bits per heavy atom. The Bertz CT molecular complexity index is 241. The van der Waals surface area contributed by atoms with E-state index in [2.05, 4.69) is 10.3 Å². The Kier molecular flexibility index (Phi) is 1.82. The van der Waals surface area contributed by atoms with Crippen molar-refractivity contribution in [1.29, 1.82) is 0 Å². The molecular weight excluding hydrogens is 180 g/mol. The number of amidine groups is 1. The highest BCUT2D eigenvalue weighted by Gasteiger charge is 2.53. The van der Waals surface area contributed by atoms with Crippen LogP contribution >= 0.6 is 11.8 Å². The number of aliphatic imine (C=N–C) groups is 1. The van der Waals surface area contributed by atoms with Gasteiger partial charge in [0, 0.05) is 12.3 Å². The van der Waals surface area contributed by atoms with Gasteiger partial charge in [0.05, 0.1) is 6.54 Å². The third-order valence-corrected chi connectivity index (χ3v) is 4.45. The first-order valence-corrected chi connectivity index (χ1v) is 6.29. The van der Waals surface area contributed by atoms with Gasteiger partial charge in [-0.1, -0.05) is 11.8 Å². The van der Waals surface area contributed by atoms with E-state index in [0.29, 0.717) is 5.41 Å². The average Bonchev–Trinajstić information content (AvgIpc) is 3.02. The minimum Gasteiger partial charge on any atom is -0.364 e. The fourth-order valence-corrected chi connectivity index (χ4v) is 3.01. The molecule has 0 aromatic heterocycles. The van der Waals surface area contributed by atoms with Gasteiger partial charge < -0.3 is 5.32 Å². The van der Waals surface area contributed by atoms with Crippen molar-refractivity contribution in [3.63, 3.8) is 0 Å². The highest BCUT2D eigenvalue weighted by Crippen LogP contribution is 2.60. The molecule has 72 valence electrons. The van der Waals surface area contributed by atoms with Gasteiger partial charge in [0.2, 0.25) is 0 Å². The zero-order valence-electron chi connectivity index (χ0n) is 7.88. The molecule has 1 N–H and O–H groups in total. The highest BCUT2D eigenvalue weighted by molar-refractivity contribution is 8.14. The lowest BCUT2D eigenvalue weighted by atomic mass is 10.0. The molecule has 3 rings (SSSR count). The number of thioether (sulfide) groups is 1. The number of nitrogens with one attached hydrogen (secondary N) is 1. The van der Waals surface area contributed by atoms with Crippen LogP contribution in [-0.2, 0) is 0 Å². The van der Waals surface area contributed by atoms with Crippen LogP contribution in [0.4, 0.5) is 0 Å². The van der Waals surface area contributed by atoms with E-state index in [-0.39, 0.29) is 0 Å². The van der Waals surface area contributed by atoms with Crippen molar-refractivity contribution >= 4 is 16.9 Å². The Balaban J connectivity index is 1.52. The second kappa shape index (κ2) is 2.91. The molecule has 0 saturated heterocycles. The van der Waals surface area contributed by atoms with Gasteiger partial charge in [0.25, 0.3) is 0 Å². The summed E-state index contributed by atoms with van der Waals surface area (Å²) in [6.45, 7) is 2.22. The van der Waals surface area contributed by atoms with Crippen LogP contribution < -0.4 is 5.32 Å². The predicted molar refractivity (Wildman–Crippen MR) is 57.2 cm³/mol. The van der Waals surface area contributed by atoms with Crippen LogP contribution in [0.3, 0.4) is 0 Å². The molecule has 1 heterocycles. The van der Waals surface area contributed by atoms with Crippen LogP contribution in [0.2, 0.25) is 0 Å². The first-order valence-electron chi connectivity index (χ1n) is 5.30. The first kappa shape index (κ1) is 8.16. The maximum Gasteiger partial charge on any atom is 0.156 e. The molecule has 2 fully saturated rings. The van der Waals surface area contributed by atoms with E-state index < -0.39 is 0 Å². The number of hydrogen-bond acceptors (Lipinski definition) is 3. The molecule has 0 spiro atoms. The largest absolute Gasteiger partial charge is 0.364 e. The standard InChI is InChI=1S/C10H16N2S/c1-2-8(1)10(3-4-10)7-12-9-11-5-6-13-9/h8H,1-7H2,(H,11,12). The molecule has 0 atom stereocenters. The molecule has 2 aliphatic carbocycles. The molecule has 0 unspecified atom stereocenters. The van der Waals surface area contributed by atoms with Crippen molar-refractivity contribution in [3.05, 3.63) is 0 Å². The smallest absolute Gasteiger partial charge is 0.156 e. The molecular formula is C10H16N2S. The van der Waals surface area contributed by atoms with Gasteiger partial charge in [0.1, 0.15) is 0 Å². The minimum atomic E-state index is 0.714. The van der Waals surface area contributed by atoms with E-state index in [1.165, 1.54) is 43.1 Å². The lowest BCUT2D eigenvalue weighted by Crippen LogP contribution is -2.28. The van der Waals surface area contributed by atoms with Crippen molar-refractivity contribution in [2.45, 2.75) is 25.7 Å². The fraction of sp³-hybridized carbons (Fsp3) is 0.900. The van der Waals surface area contributed by atoms with E-state index in [9.17, 15) is 0 Å². The molecule has 0 aromatic carbocycles. The summed E-state index contributed by atoms with van der Waals surface area (Å²) in [5.74, 6) is 2.24. The summed E-state index contributed by atoms with van der Waals surface area (Å²) in [4.78, 5) is 4.41. The van der Waals surface area contributed by atoms with E-state index >= 15 is 0 Å². The van der Waals surface area contributed by atoms with Gasteiger partial charge in [-0.15, -0.1) is 0 Å². The van der Waals surface area contributed by atoms with Crippen LogP contribution in [0.5, 0.6) is 0 Å². The summed E-state index contributed by atoms with van der Waals surface area (Å²) < 4.78 is 0. The maximum absolute atomic E-state index is 4.41. The van der Waals surface area contributed by atoms with Gasteiger partial charge >= 0.3 is 0 Å². The van der Waals surface area contributed by atoms with Crippen LogP contribution in [0.25, 0.3) is 0 Å². The molecule has 13 heavy (non-hydrogen) atoms. The highest BCUT2D eigenvalue weighted by atomic mass is 32.2. The number of hydrogen-bond donors (Lipinski definition) is 1. The lowest BCUT2D eigenvalue weighted by Gasteiger charge is -2.15. The summed E-state index contributed by atoms with van der Waals surface area (Å²) in [6.07, 6.45) is 5.90. The van der Waals surface area contributed by atoms with Gasteiger partial charge in [-0.2, -0.15) is 0 Å². The zero-order chi connectivity index (χ0) is 8.73. The monoisotopic (exact) mass is 196 g/mol. The van der Waals surface area contributed by atoms with Crippen molar-refractivity contribution in [1.82, 2.24) is 5.32 Å². The Labute approximate surface area is 83.6 Å².